The molecule has 0 bridgehead atoms. The Balaban J connectivity index is 2.59. The van der Waals surface area contributed by atoms with Gasteiger partial charge in [0.05, 0.1) is 18.7 Å². The molecule has 0 atom stereocenters. The van der Waals surface area contributed by atoms with Gasteiger partial charge in [0.1, 0.15) is 0 Å². The molecule has 0 saturated heterocycles. The zero-order valence-electron chi connectivity index (χ0n) is 8.30. The van der Waals surface area contributed by atoms with E-state index in [0.717, 1.165) is 16.5 Å². The number of nitrogens with zero attached hydrogens (tertiary/aromatic N) is 1. The minimum Gasteiger partial charge on any atom is -0.396 e. The molecule has 0 aliphatic heterocycles. The summed E-state index contributed by atoms with van der Waals surface area (Å²) in [6.45, 7) is -0.102. The van der Waals surface area contributed by atoms with Gasteiger partial charge < -0.3 is 10.2 Å². The number of fused-ring (bicyclic) bond motifs is 1. The molecule has 3 heteroatoms. The number of hydrogen-bond donors (Lipinski definition) is 2. The number of aliphatic hydroxyl groups is 2. The monoisotopic (exact) mass is 203 g/mol. The highest BCUT2D eigenvalue weighted by molar-refractivity contribution is 5.82. The first-order valence-corrected chi connectivity index (χ1v) is 4.92. The summed E-state index contributed by atoms with van der Waals surface area (Å²) in [4.78, 5) is 4.23. The summed E-state index contributed by atoms with van der Waals surface area (Å²) >= 11 is 0. The largest absolute Gasteiger partial charge is 0.396 e. The molecule has 0 spiro atoms. The van der Waals surface area contributed by atoms with Gasteiger partial charge in [0.2, 0.25) is 0 Å². The van der Waals surface area contributed by atoms with Crippen molar-refractivity contribution in [2.45, 2.75) is 5.92 Å². The van der Waals surface area contributed by atoms with Crippen LogP contribution in [-0.2, 0) is 0 Å². The van der Waals surface area contributed by atoms with E-state index in [1.807, 2.05) is 30.3 Å². The van der Waals surface area contributed by atoms with Crippen molar-refractivity contribution in [1.29, 1.82) is 0 Å². The van der Waals surface area contributed by atoms with E-state index in [1.54, 1.807) is 6.20 Å². The number of hydrogen-bond acceptors (Lipinski definition) is 3. The Labute approximate surface area is 88.0 Å². The quantitative estimate of drug-likeness (QED) is 0.790. The Hall–Kier alpha value is -1.45. The Kier molecular flexibility index (Phi) is 2.94. The van der Waals surface area contributed by atoms with Crippen LogP contribution in [0.5, 0.6) is 0 Å². The standard InChI is InChI=1S/C12H13NO2/c14-7-9(8-15)10-5-6-13-12-4-2-1-3-11(10)12/h1-6,9,14-15H,7-8H2. The Bertz CT molecular complexity index is 447. The van der Waals surface area contributed by atoms with E-state index in [9.17, 15) is 0 Å². The van der Waals surface area contributed by atoms with Crippen LogP contribution >= 0.6 is 0 Å². The summed E-state index contributed by atoms with van der Waals surface area (Å²) in [6, 6.07) is 9.57. The van der Waals surface area contributed by atoms with Crippen molar-refractivity contribution in [2.75, 3.05) is 13.2 Å². The summed E-state index contributed by atoms with van der Waals surface area (Å²) in [5.41, 5.74) is 1.84. The van der Waals surface area contributed by atoms with Crippen molar-refractivity contribution >= 4 is 10.9 Å². The molecule has 2 N–H and O–H groups in total. The molecule has 1 aromatic carbocycles. The maximum Gasteiger partial charge on any atom is 0.0704 e. The predicted molar refractivity (Wildman–Crippen MR) is 58.7 cm³/mol. The van der Waals surface area contributed by atoms with Crippen molar-refractivity contribution in [1.82, 2.24) is 4.98 Å². The van der Waals surface area contributed by atoms with E-state index in [4.69, 9.17) is 10.2 Å². The van der Waals surface area contributed by atoms with Gasteiger partial charge in [-0.15, -0.1) is 0 Å². The van der Waals surface area contributed by atoms with E-state index in [0.29, 0.717) is 0 Å². The maximum absolute atomic E-state index is 9.16. The van der Waals surface area contributed by atoms with Crippen LogP contribution in [0.15, 0.2) is 36.5 Å². The number of aromatic nitrogens is 1. The van der Waals surface area contributed by atoms with Gasteiger partial charge in [0.15, 0.2) is 0 Å². The number of aliphatic hydroxyl groups excluding tert-OH is 2. The van der Waals surface area contributed by atoms with E-state index in [-0.39, 0.29) is 19.1 Å². The summed E-state index contributed by atoms with van der Waals surface area (Å²) in [5.74, 6) is -0.224. The van der Waals surface area contributed by atoms with Gasteiger partial charge in [-0.2, -0.15) is 0 Å². The fraction of sp³-hybridized carbons (Fsp3) is 0.250. The number of pyridine rings is 1. The molecule has 2 aromatic rings. The van der Waals surface area contributed by atoms with Gasteiger partial charge >= 0.3 is 0 Å². The van der Waals surface area contributed by atoms with E-state index in [2.05, 4.69) is 4.98 Å². The van der Waals surface area contributed by atoms with Crippen LogP contribution in [0.3, 0.4) is 0 Å². The third-order valence-electron chi connectivity index (χ3n) is 2.56. The highest BCUT2D eigenvalue weighted by Gasteiger charge is 2.12. The lowest BCUT2D eigenvalue weighted by Gasteiger charge is -2.13. The average molecular weight is 203 g/mol. The molecule has 0 fully saturated rings. The second kappa shape index (κ2) is 4.38. The summed E-state index contributed by atoms with van der Waals surface area (Å²) < 4.78 is 0. The van der Waals surface area contributed by atoms with Crippen molar-refractivity contribution < 1.29 is 10.2 Å². The lowest BCUT2D eigenvalue weighted by Crippen LogP contribution is -2.09. The first kappa shape index (κ1) is 10.1. The zero-order valence-corrected chi connectivity index (χ0v) is 8.30. The zero-order chi connectivity index (χ0) is 10.7. The third kappa shape index (κ3) is 1.84. The molecule has 0 amide bonds. The Morgan fingerprint density at radius 2 is 1.80 bits per heavy atom. The first-order chi connectivity index (χ1) is 7.36. The molecule has 2 rings (SSSR count). The van der Waals surface area contributed by atoms with Crippen LogP contribution in [0.4, 0.5) is 0 Å². The molecule has 78 valence electrons. The second-order valence-corrected chi connectivity index (χ2v) is 3.48. The van der Waals surface area contributed by atoms with Crippen molar-refractivity contribution in [3.63, 3.8) is 0 Å². The van der Waals surface area contributed by atoms with Crippen LogP contribution in [0.2, 0.25) is 0 Å². The van der Waals surface area contributed by atoms with Gasteiger partial charge in [-0.05, 0) is 17.7 Å². The molecule has 1 aromatic heterocycles. The summed E-state index contributed by atoms with van der Waals surface area (Å²) in [7, 11) is 0. The molecule has 0 aliphatic carbocycles. The Morgan fingerprint density at radius 1 is 1.07 bits per heavy atom. The number of benzene rings is 1. The fourth-order valence-electron chi connectivity index (χ4n) is 1.73. The first-order valence-electron chi connectivity index (χ1n) is 4.92. The lowest BCUT2D eigenvalue weighted by molar-refractivity contribution is 0.193. The van der Waals surface area contributed by atoms with Crippen LogP contribution in [0.25, 0.3) is 10.9 Å². The van der Waals surface area contributed by atoms with Gasteiger partial charge in [0, 0.05) is 17.5 Å². The molecule has 3 nitrogen and oxygen atoms in total. The molecular formula is C12H13NO2. The van der Waals surface area contributed by atoms with E-state index in [1.165, 1.54) is 0 Å². The molecule has 0 unspecified atom stereocenters. The van der Waals surface area contributed by atoms with Crippen molar-refractivity contribution in [3.8, 4) is 0 Å². The van der Waals surface area contributed by atoms with Crippen LogP contribution in [0.1, 0.15) is 11.5 Å². The number of rotatable bonds is 3. The Morgan fingerprint density at radius 3 is 2.53 bits per heavy atom. The van der Waals surface area contributed by atoms with E-state index >= 15 is 0 Å². The van der Waals surface area contributed by atoms with Gasteiger partial charge in [-0.25, -0.2) is 0 Å². The van der Waals surface area contributed by atoms with Crippen LogP contribution in [0, 0.1) is 0 Å². The SMILES string of the molecule is OCC(CO)c1ccnc2ccccc12. The van der Waals surface area contributed by atoms with Crippen molar-refractivity contribution in [3.05, 3.63) is 42.1 Å². The molecule has 1 heterocycles. The van der Waals surface area contributed by atoms with Gasteiger partial charge in [0.25, 0.3) is 0 Å². The van der Waals surface area contributed by atoms with Crippen molar-refractivity contribution in [2.24, 2.45) is 0 Å². The third-order valence-corrected chi connectivity index (χ3v) is 2.56. The average Bonchev–Trinajstić information content (AvgIpc) is 2.31. The fourth-order valence-corrected chi connectivity index (χ4v) is 1.73. The highest BCUT2D eigenvalue weighted by Crippen LogP contribution is 2.23. The lowest BCUT2D eigenvalue weighted by atomic mass is 9.97. The summed E-state index contributed by atoms with van der Waals surface area (Å²) in [6.07, 6.45) is 1.70. The van der Waals surface area contributed by atoms with Gasteiger partial charge in [-0.3, -0.25) is 4.98 Å². The molecular weight excluding hydrogens is 190 g/mol. The summed E-state index contributed by atoms with van der Waals surface area (Å²) in [5, 5.41) is 19.3. The number of para-hydroxylation sites is 1. The minimum atomic E-state index is -0.224. The van der Waals surface area contributed by atoms with Crippen LogP contribution < -0.4 is 0 Å². The molecule has 15 heavy (non-hydrogen) atoms. The molecule has 0 aliphatic rings. The second-order valence-electron chi connectivity index (χ2n) is 3.48. The highest BCUT2D eigenvalue weighted by atomic mass is 16.3. The molecule has 0 radical (unpaired) electrons. The minimum absolute atomic E-state index is 0.0511. The topological polar surface area (TPSA) is 53.4 Å². The normalized spacial score (nSPS) is 11.1. The van der Waals surface area contributed by atoms with Crippen LogP contribution in [-0.4, -0.2) is 28.4 Å². The smallest absolute Gasteiger partial charge is 0.0704 e. The van der Waals surface area contributed by atoms with E-state index < -0.39 is 0 Å². The predicted octanol–water partition coefficient (Wildman–Crippen LogP) is 1.30. The van der Waals surface area contributed by atoms with Gasteiger partial charge in [-0.1, -0.05) is 18.2 Å². The molecule has 0 saturated carbocycles. The maximum atomic E-state index is 9.16.